The predicted molar refractivity (Wildman–Crippen MR) is 120 cm³/mol. The second-order valence-electron chi connectivity index (χ2n) is 8.13. The first-order valence-electron chi connectivity index (χ1n) is 10.6. The van der Waals surface area contributed by atoms with E-state index in [1.165, 1.54) is 7.11 Å². The van der Waals surface area contributed by atoms with Crippen LogP contribution in [0.2, 0.25) is 0 Å². The molecule has 0 amide bonds. The van der Waals surface area contributed by atoms with Gasteiger partial charge in [-0.15, -0.1) is 0 Å². The molecule has 30 heavy (non-hydrogen) atoms. The number of methoxy groups -OCH3 is 1. The Bertz CT molecular complexity index is 1200. The van der Waals surface area contributed by atoms with Crippen molar-refractivity contribution in [3.05, 3.63) is 48.3 Å². The Morgan fingerprint density at radius 1 is 1.10 bits per heavy atom. The minimum absolute atomic E-state index is 0.351. The first kappa shape index (κ1) is 20.1. The number of aryl methyl sites for hydroxylation is 1. The van der Waals surface area contributed by atoms with Gasteiger partial charge in [-0.2, -0.15) is 0 Å². The molecule has 0 spiro atoms. The fourth-order valence-electron chi connectivity index (χ4n) is 3.85. The van der Waals surface area contributed by atoms with Crippen molar-refractivity contribution in [1.82, 2.24) is 19.1 Å². The molecule has 2 aromatic heterocycles. The summed E-state index contributed by atoms with van der Waals surface area (Å²) >= 11 is 0. The van der Waals surface area contributed by atoms with Crippen molar-refractivity contribution < 1.29 is 9.53 Å². The molecule has 0 fully saturated rings. The second-order valence-corrected chi connectivity index (χ2v) is 8.13. The molecule has 6 nitrogen and oxygen atoms in total. The van der Waals surface area contributed by atoms with E-state index in [-0.39, 0.29) is 5.97 Å². The van der Waals surface area contributed by atoms with Crippen molar-refractivity contribution >= 4 is 28.0 Å². The summed E-state index contributed by atoms with van der Waals surface area (Å²) in [5.74, 6) is 1.00. The van der Waals surface area contributed by atoms with Gasteiger partial charge in [-0.3, -0.25) is 0 Å². The highest BCUT2D eigenvalue weighted by Gasteiger charge is 2.17. The largest absolute Gasteiger partial charge is 0.465 e. The Morgan fingerprint density at radius 2 is 1.90 bits per heavy atom. The number of hydrogen-bond acceptors (Lipinski definition) is 4. The quantitative estimate of drug-likeness (QED) is 0.392. The van der Waals surface area contributed by atoms with E-state index in [4.69, 9.17) is 9.72 Å². The zero-order chi connectivity index (χ0) is 21.3. The van der Waals surface area contributed by atoms with Gasteiger partial charge in [0.05, 0.1) is 41.1 Å². The van der Waals surface area contributed by atoms with E-state index in [0.29, 0.717) is 11.5 Å². The van der Waals surface area contributed by atoms with Gasteiger partial charge in [-0.1, -0.05) is 27.2 Å². The van der Waals surface area contributed by atoms with Crippen LogP contribution in [0.1, 0.15) is 44.0 Å². The van der Waals surface area contributed by atoms with E-state index >= 15 is 0 Å². The monoisotopic (exact) mass is 404 g/mol. The lowest BCUT2D eigenvalue weighted by atomic mass is 10.1. The number of fused-ring (bicyclic) bond motifs is 2. The van der Waals surface area contributed by atoms with Crippen molar-refractivity contribution in [1.29, 1.82) is 0 Å². The van der Waals surface area contributed by atoms with Gasteiger partial charge in [0.25, 0.3) is 0 Å². The molecule has 0 aliphatic rings. The van der Waals surface area contributed by atoms with E-state index in [0.717, 1.165) is 59.4 Å². The van der Waals surface area contributed by atoms with Gasteiger partial charge in [-0.05, 0) is 48.7 Å². The molecule has 2 aromatic carbocycles. The van der Waals surface area contributed by atoms with Crippen LogP contribution in [0.15, 0.2) is 42.7 Å². The SMILES string of the molecule is CCCCn1cnc2cc(-c3nc4cc(C(=O)OC)ccc4n3CC(C)C)ccc21. The molecule has 4 aromatic rings. The standard InChI is InChI=1S/C24H28N4O2/c1-5-6-11-27-15-25-19-12-17(7-9-21(19)27)23-26-20-13-18(24(29)30-4)8-10-22(20)28(23)14-16(2)3/h7-10,12-13,15-16H,5-6,11,14H2,1-4H3. The van der Waals surface area contributed by atoms with Gasteiger partial charge in [0.1, 0.15) is 5.82 Å². The molecular weight excluding hydrogens is 376 g/mol. The maximum atomic E-state index is 12.0. The van der Waals surface area contributed by atoms with Crippen LogP contribution < -0.4 is 0 Å². The van der Waals surface area contributed by atoms with Crippen LogP contribution in [0.25, 0.3) is 33.5 Å². The summed E-state index contributed by atoms with van der Waals surface area (Å²) in [4.78, 5) is 21.5. The molecule has 0 bridgehead atoms. The number of benzene rings is 2. The van der Waals surface area contributed by atoms with Crippen LogP contribution in [0.3, 0.4) is 0 Å². The molecule has 0 N–H and O–H groups in total. The zero-order valence-corrected chi connectivity index (χ0v) is 18.1. The smallest absolute Gasteiger partial charge is 0.337 e. The minimum atomic E-state index is -0.351. The number of unbranched alkanes of at least 4 members (excludes halogenated alkanes) is 1. The highest BCUT2D eigenvalue weighted by Crippen LogP contribution is 2.29. The maximum Gasteiger partial charge on any atom is 0.337 e. The number of carbonyl (C=O) groups excluding carboxylic acids is 1. The summed E-state index contributed by atoms with van der Waals surface area (Å²) in [5.41, 5.74) is 5.46. The maximum absolute atomic E-state index is 12.0. The van der Waals surface area contributed by atoms with E-state index in [1.807, 2.05) is 12.4 Å². The lowest BCUT2D eigenvalue weighted by Gasteiger charge is -2.12. The van der Waals surface area contributed by atoms with Crippen LogP contribution in [0.4, 0.5) is 0 Å². The highest BCUT2D eigenvalue weighted by molar-refractivity contribution is 5.94. The number of imidazole rings is 2. The Hall–Kier alpha value is -3.15. The number of esters is 1. The lowest BCUT2D eigenvalue weighted by Crippen LogP contribution is -2.06. The third-order valence-electron chi connectivity index (χ3n) is 5.35. The van der Waals surface area contributed by atoms with Gasteiger partial charge in [0.2, 0.25) is 0 Å². The number of nitrogens with zero attached hydrogens (tertiary/aromatic N) is 4. The van der Waals surface area contributed by atoms with Crippen molar-refractivity contribution in [2.24, 2.45) is 5.92 Å². The second kappa shape index (κ2) is 8.30. The number of hydrogen-bond donors (Lipinski definition) is 0. The molecule has 0 aliphatic carbocycles. The molecular formula is C24H28N4O2. The van der Waals surface area contributed by atoms with Crippen molar-refractivity contribution in [2.45, 2.75) is 46.7 Å². The first-order valence-corrected chi connectivity index (χ1v) is 10.6. The fraction of sp³-hybridized carbons (Fsp3) is 0.375. The summed E-state index contributed by atoms with van der Waals surface area (Å²) in [6.45, 7) is 8.40. The Kier molecular flexibility index (Phi) is 5.57. The molecule has 156 valence electrons. The predicted octanol–water partition coefficient (Wildman–Crippen LogP) is 5.30. The summed E-state index contributed by atoms with van der Waals surface area (Å²) in [7, 11) is 1.39. The minimum Gasteiger partial charge on any atom is -0.465 e. The number of carbonyl (C=O) groups is 1. The zero-order valence-electron chi connectivity index (χ0n) is 18.1. The first-order chi connectivity index (χ1) is 14.5. The van der Waals surface area contributed by atoms with Gasteiger partial charge in [0, 0.05) is 18.7 Å². The number of aromatic nitrogens is 4. The van der Waals surface area contributed by atoms with Gasteiger partial charge in [-0.25, -0.2) is 14.8 Å². The average Bonchev–Trinajstić information content (AvgIpc) is 3.31. The molecule has 0 saturated heterocycles. The highest BCUT2D eigenvalue weighted by atomic mass is 16.5. The summed E-state index contributed by atoms with van der Waals surface area (Å²) in [6.07, 6.45) is 4.22. The summed E-state index contributed by atoms with van der Waals surface area (Å²) in [6, 6.07) is 11.9. The molecule has 4 rings (SSSR count). The average molecular weight is 405 g/mol. The topological polar surface area (TPSA) is 61.9 Å². The van der Waals surface area contributed by atoms with Crippen molar-refractivity contribution in [3.63, 3.8) is 0 Å². The van der Waals surface area contributed by atoms with Crippen molar-refractivity contribution in [2.75, 3.05) is 7.11 Å². The Balaban J connectivity index is 1.82. The fourth-order valence-corrected chi connectivity index (χ4v) is 3.85. The number of ether oxygens (including phenoxy) is 1. The van der Waals surface area contributed by atoms with Crippen LogP contribution in [-0.2, 0) is 17.8 Å². The molecule has 0 radical (unpaired) electrons. The van der Waals surface area contributed by atoms with E-state index < -0.39 is 0 Å². The third kappa shape index (κ3) is 3.70. The molecule has 0 aliphatic heterocycles. The normalized spacial score (nSPS) is 11.6. The third-order valence-corrected chi connectivity index (χ3v) is 5.35. The van der Waals surface area contributed by atoms with Gasteiger partial charge >= 0.3 is 5.97 Å². The summed E-state index contributed by atoms with van der Waals surface area (Å²) < 4.78 is 9.31. The van der Waals surface area contributed by atoms with Crippen LogP contribution >= 0.6 is 0 Å². The van der Waals surface area contributed by atoms with Crippen molar-refractivity contribution in [3.8, 4) is 11.4 Å². The Labute approximate surface area is 176 Å². The number of rotatable bonds is 7. The van der Waals surface area contributed by atoms with E-state index in [9.17, 15) is 4.79 Å². The molecule has 0 atom stereocenters. The van der Waals surface area contributed by atoms with E-state index in [1.54, 1.807) is 12.1 Å². The summed E-state index contributed by atoms with van der Waals surface area (Å²) in [5, 5.41) is 0. The molecule has 6 heteroatoms. The van der Waals surface area contributed by atoms with Gasteiger partial charge in [0.15, 0.2) is 0 Å². The molecule has 2 heterocycles. The van der Waals surface area contributed by atoms with E-state index in [2.05, 4.69) is 53.1 Å². The lowest BCUT2D eigenvalue weighted by molar-refractivity contribution is 0.0601. The molecule has 0 unspecified atom stereocenters. The van der Waals surface area contributed by atoms with Gasteiger partial charge < -0.3 is 13.9 Å². The van der Waals surface area contributed by atoms with Crippen LogP contribution in [0, 0.1) is 5.92 Å². The molecule has 0 saturated carbocycles. The Morgan fingerprint density at radius 3 is 2.63 bits per heavy atom. The van der Waals surface area contributed by atoms with Crippen LogP contribution in [-0.4, -0.2) is 32.2 Å². The van der Waals surface area contributed by atoms with Crippen LogP contribution in [0.5, 0.6) is 0 Å².